The zero-order chi connectivity index (χ0) is 25.7. The van der Waals surface area contributed by atoms with Gasteiger partial charge in [0, 0.05) is 5.56 Å². The summed E-state index contributed by atoms with van der Waals surface area (Å²) in [7, 11) is 0. The fourth-order valence-corrected chi connectivity index (χ4v) is 5.50. The molecular formula is C32H36F4. The lowest BCUT2D eigenvalue weighted by Crippen LogP contribution is -2.14. The second-order valence-corrected chi connectivity index (χ2v) is 10.3. The Morgan fingerprint density at radius 3 is 1.89 bits per heavy atom. The topological polar surface area (TPSA) is 0 Å². The first-order chi connectivity index (χ1) is 17.4. The van der Waals surface area contributed by atoms with Crippen LogP contribution in [0.15, 0.2) is 48.5 Å². The first kappa shape index (κ1) is 26.4. The van der Waals surface area contributed by atoms with Crippen molar-refractivity contribution in [3.63, 3.8) is 0 Å². The van der Waals surface area contributed by atoms with E-state index in [1.165, 1.54) is 0 Å². The molecule has 4 rings (SSSR count). The van der Waals surface area contributed by atoms with Gasteiger partial charge in [-0.1, -0.05) is 75.2 Å². The van der Waals surface area contributed by atoms with Crippen LogP contribution in [0.5, 0.6) is 0 Å². The van der Waals surface area contributed by atoms with Gasteiger partial charge in [-0.25, -0.2) is 17.6 Å². The fraction of sp³-hybridized carbons (Fsp3) is 0.438. The highest BCUT2D eigenvalue weighted by Gasteiger charge is 2.26. The van der Waals surface area contributed by atoms with E-state index in [2.05, 4.69) is 6.92 Å². The van der Waals surface area contributed by atoms with E-state index >= 15 is 8.78 Å². The molecule has 0 aromatic heterocycles. The monoisotopic (exact) mass is 496 g/mol. The van der Waals surface area contributed by atoms with Crippen LogP contribution in [-0.4, -0.2) is 0 Å². The van der Waals surface area contributed by atoms with E-state index in [0.29, 0.717) is 47.4 Å². The summed E-state index contributed by atoms with van der Waals surface area (Å²) in [5.74, 6) is -2.23. The third-order valence-corrected chi connectivity index (χ3v) is 7.97. The van der Waals surface area contributed by atoms with Crippen LogP contribution in [0.4, 0.5) is 17.6 Å². The van der Waals surface area contributed by atoms with Gasteiger partial charge >= 0.3 is 0 Å². The lowest BCUT2D eigenvalue weighted by atomic mass is 9.77. The van der Waals surface area contributed by atoms with Crippen molar-refractivity contribution in [1.29, 1.82) is 0 Å². The molecule has 1 saturated carbocycles. The number of hydrogen-bond donors (Lipinski definition) is 0. The minimum atomic E-state index is -0.793. The van der Waals surface area contributed by atoms with Crippen LogP contribution < -0.4 is 0 Å². The van der Waals surface area contributed by atoms with Crippen LogP contribution in [0.1, 0.15) is 87.0 Å². The molecule has 0 atom stereocenters. The van der Waals surface area contributed by atoms with Crippen LogP contribution in [0.3, 0.4) is 0 Å². The predicted octanol–water partition coefficient (Wildman–Crippen LogP) is 9.72. The van der Waals surface area contributed by atoms with Gasteiger partial charge in [0.1, 0.15) is 0 Å². The smallest absolute Gasteiger partial charge is 0.166 e. The molecule has 0 amide bonds. The van der Waals surface area contributed by atoms with Gasteiger partial charge in [-0.15, -0.1) is 0 Å². The molecule has 0 bridgehead atoms. The normalized spacial score (nSPS) is 17.9. The zero-order valence-electron chi connectivity index (χ0n) is 21.4. The molecule has 0 aliphatic heterocycles. The summed E-state index contributed by atoms with van der Waals surface area (Å²) in [6.45, 7) is 4.21. The van der Waals surface area contributed by atoms with Gasteiger partial charge in [0.15, 0.2) is 23.3 Å². The average molecular weight is 497 g/mol. The number of halogens is 4. The Kier molecular flexibility index (Phi) is 8.87. The molecule has 1 fully saturated rings. The van der Waals surface area contributed by atoms with Gasteiger partial charge in [0.25, 0.3) is 0 Å². The van der Waals surface area contributed by atoms with Crippen LogP contribution in [0, 0.1) is 29.2 Å². The molecule has 0 saturated heterocycles. The second kappa shape index (κ2) is 12.1. The second-order valence-electron chi connectivity index (χ2n) is 10.3. The van der Waals surface area contributed by atoms with Gasteiger partial charge in [-0.05, 0) is 91.0 Å². The Morgan fingerprint density at radius 1 is 0.639 bits per heavy atom. The Balaban J connectivity index is 1.43. The highest BCUT2D eigenvalue weighted by atomic mass is 19.2. The summed E-state index contributed by atoms with van der Waals surface area (Å²) < 4.78 is 59.0. The van der Waals surface area contributed by atoms with Crippen molar-refractivity contribution in [3.8, 4) is 11.1 Å². The maximum Gasteiger partial charge on any atom is 0.166 e. The van der Waals surface area contributed by atoms with Crippen molar-refractivity contribution in [1.82, 2.24) is 0 Å². The van der Waals surface area contributed by atoms with Crippen molar-refractivity contribution in [2.45, 2.75) is 84.0 Å². The minimum Gasteiger partial charge on any atom is -0.203 e. The number of rotatable bonds is 9. The summed E-state index contributed by atoms with van der Waals surface area (Å²) in [6, 6.07) is 14.0. The molecule has 1 aliphatic rings. The first-order valence-corrected chi connectivity index (χ1v) is 13.5. The van der Waals surface area contributed by atoms with E-state index < -0.39 is 23.3 Å². The molecule has 1 aliphatic carbocycles. The summed E-state index contributed by atoms with van der Waals surface area (Å²) in [5, 5.41) is 0. The molecule has 4 heteroatoms. The van der Waals surface area contributed by atoms with Crippen molar-refractivity contribution in [2.75, 3.05) is 0 Å². The SMILES string of the molecule is CCCCc1ccc(CCc2ccc(-c3ccc(C4CCC(CC)CC4)c(F)c3F)cc2)c(F)c1F. The van der Waals surface area contributed by atoms with E-state index in [-0.39, 0.29) is 11.5 Å². The first-order valence-electron chi connectivity index (χ1n) is 13.5. The summed E-state index contributed by atoms with van der Waals surface area (Å²) in [4.78, 5) is 0. The fourth-order valence-electron chi connectivity index (χ4n) is 5.50. The summed E-state index contributed by atoms with van der Waals surface area (Å²) in [6.07, 6.45) is 8.32. The average Bonchev–Trinajstić information content (AvgIpc) is 2.91. The Hall–Kier alpha value is -2.62. The predicted molar refractivity (Wildman–Crippen MR) is 139 cm³/mol. The maximum absolute atomic E-state index is 15.1. The van der Waals surface area contributed by atoms with E-state index in [1.54, 1.807) is 36.4 Å². The molecule has 3 aromatic carbocycles. The van der Waals surface area contributed by atoms with Gasteiger partial charge < -0.3 is 0 Å². The maximum atomic E-state index is 15.1. The standard InChI is InChI=1S/C32H36F4/c1-3-5-6-25-17-18-26(30(34)29(25)33)16-11-22-9-14-24(15-10-22)28-20-19-27(31(35)32(28)36)23-12-7-21(4-2)8-13-23/h9-10,14-15,17-21,23H,3-8,11-13,16H2,1-2H3. The quantitative estimate of drug-likeness (QED) is 0.259. The molecule has 36 heavy (non-hydrogen) atoms. The molecule has 0 spiro atoms. The molecule has 0 heterocycles. The largest absolute Gasteiger partial charge is 0.203 e. The molecule has 0 N–H and O–H groups in total. The highest BCUT2D eigenvalue weighted by molar-refractivity contribution is 5.65. The lowest BCUT2D eigenvalue weighted by molar-refractivity contribution is 0.312. The van der Waals surface area contributed by atoms with Crippen LogP contribution in [0.2, 0.25) is 0 Å². The molecular weight excluding hydrogens is 460 g/mol. The Bertz CT molecular complexity index is 1160. The number of aryl methyl sites for hydroxylation is 3. The molecule has 0 nitrogen and oxygen atoms in total. The van der Waals surface area contributed by atoms with E-state index in [1.807, 2.05) is 19.1 Å². The van der Waals surface area contributed by atoms with Gasteiger partial charge in [-0.2, -0.15) is 0 Å². The minimum absolute atomic E-state index is 0.0877. The molecule has 0 unspecified atom stereocenters. The van der Waals surface area contributed by atoms with Crippen molar-refractivity contribution >= 4 is 0 Å². The summed E-state index contributed by atoms with van der Waals surface area (Å²) in [5.41, 5.74) is 3.07. The van der Waals surface area contributed by atoms with Gasteiger partial charge in [0.05, 0.1) is 0 Å². The molecule has 0 radical (unpaired) electrons. The Morgan fingerprint density at radius 2 is 1.28 bits per heavy atom. The molecule has 192 valence electrons. The van der Waals surface area contributed by atoms with Crippen LogP contribution in [-0.2, 0) is 19.3 Å². The van der Waals surface area contributed by atoms with E-state index in [9.17, 15) is 8.78 Å². The zero-order valence-corrected chi connectivity index (χ0v) is 21.4. The third-order valence-electron chi connectivity index (χ3n) is 7.97. The number of unbranched alkanes of at least 4 members (excludes halogenated alkanes) is 1. The summed E-state index contributed by atoms with van der Waals surface area (Å²) >= 11 is 0. The van der Waals surface area contributed by atoms with Crippen molar-refractivity contribution < 1.29 is 17.6 Å². The molecule has 3 aromatic rings. The lowest BCUT2D eigenvalue weighted by Gasteiger charge is -2.28. The van der Waals surface area contributed by atoms with Crippen LogP contribution >= 0.6 is 0 Å². The highest BCUT2D eigenvalue weighted by Crippen LogP contribution is 2.39. The van der Waals surface area contributed by atoms with Crippen molar-refractivity contribution in [2.24, 2.45) is 5.92 Å². The van der Waals surface area contributed by atoms with E-state index in [0.717, 1.165) is 50.5 Å². The Labute approximate surface area is 212 Å². The van der Waals surface area contributed by atoms with E-state index in [4.69, 9.17) is 0 Å². The number of benzene rings is 3. The van der Waals surface area contributed by atoms with Gasteiger partial charge in [0.2, 0.25) is 0 Å². The van der Waals surface area contributed by atoms with Crippen molar-refractivity contribution in [3.05, 3.63) is 94.1 Å². The third kappa shape index (κ3) is 5.85. The van der Waals surface area contributed by atoms with Gasteiger partial charge in [-0.3, -0.25) is 0 Å². The van der Waals surface area contributed by atoms with Crippen LogP contribution in [0.25, 0.3) is 11.1 Å². The number of hydrogen-bond acceptors (Lipinski definition) is 0.